The summed E-state index contributed by atoms with van der Waals surface area (Å²) in [6.45, 7) is 5.11. The summed E-state index contributed by atoms with van der Waals surface area (Å²) < 4.78 is 6.63. The Balaban J connectivity index is 2.08. The molecule has 0 aromatic carbocycles. The number of aliphatic hydroxyl groups excluding tert-OH is 3. The number of carbonyl (C=O) groups is 1. The van der Waals surface area contributed by atoms with Crippen molar-refractivity contribution in [3.63, 3.8) is 0 Å². The van der Waals surface area contributed by atoms with Crippen molar-refractivity contribution in [3.8, 4) is 0 Å². The molecule has 0 saturated carbocycles. The molecule has 148 valence electrons. The van der Waals surface area contributed by atoms with Crippen LogP contribution in [0.15, 0.2) is 41.7 Å². The van der Waals surface area contributed by atoms with Gasteiger partial charge in [-0.05, 0) is 18.6 Å². The second kappa shape index (κ2) is 9.16. The number of nitrogens with one attached hydrogen (secondary N) is 1. The largest absolute Gasteiger partial charge is 0.394 e. The fraction of sp³-hybridized carbons (Fsp3) is 0.412. The number of ether oxygens (including phenoxy) is 1. The molecule has 10 heteroatoms. The van der Waals surface area contributed by atoms with Gasteiger partial charge in [0, 0.05) is 11.6 Å². The molecular formula is C17H23ClN4O5. The molecule has 1 aliphatic heterocycles. The highest BCUT2D eigenvalue weighted by Crippen LogP contribution is 2.31. The van der Waals surface area contributed by atoms with Crippen molar-refractivity contribution in [3.05, 3.63) is 47.4 Å². The summed E-state index contributed by atoms with van der Waals surface area (Å²) in [5.41, 5.74) is 6.71. The van der Waals surface area contributed by atoms with Crippen molar-refractivity contribution < 1.29 is 24.9 Å². The van der Waals surface area contributed by atoms with Gasteiger partial charge in [0.25, 0.3) is 5.91 Å². The minimum atomic E-state index is -1.32. The zero-order valence-corrected chi connectivity index (χ0v) is 15.5. The van der Waals surface area contributed by atoms with Crippen LogP contribution in [0.25, 0.3) is 0 Å². The summed E-state index contributed by atoms with van der Waals surface area (Å²) in [7, 11) is 0. The average molecular weight is 399 g/mol. The number of imidazole rings is 1. The minimum absolute atomic E-state index is 0.0333. The molecule has 2 heterocycles. The lowest BCUT2D eigenvalue weighted by Gasteiger charge is -2.17. The van der Waals surface area contributed by atoms with Crippen molar-refractivity contribution in [2.75, 3.05) is 18.9 Å². The summed E-state index contributed by atoms with van der Waals surface area (Å²) in [6, 6.07) is 0. The number of anilines is 1. The molecule has 1 aromatic rings. The van der Waals surface area contributed by atoms with Crippen LogP contribution < -0.4 is 11.1 Å². The molecule has 4 unspecified atom stereocenters. The highest BCUT2D eigenvalue weighted by Gasteiger charge is 2.44. The van der Waals surface area contributed by atoms with Gasteiger partial charge in [-0.3, -0.25) is 9.36 Å². The number of amides is 1. The Morgan fingerprint density at radius 2 is 2.19 bits per heavy atom. The number of aliphatic hydroxyl groups is 3. The standard InChI is InChI=1S/C17H23ClN4O5/c1-3-10(5-4-9(2)18)6-20-16(26)12-15(19)22(8-21-12)17-14(25)13(24)11(7-23)27-17/h3-5,8,11,13-14,17,23-25H,2,6-7,19H2,1H3,(H,20,26)/b5-4-,10-3+. The molecule has 1 fully saturated rings. The van der Waals surface area contributed by atoms with Crippen LogP contribution in [0.5, 0.6) is 0 Å². The van der Waals surface area contributed by atoms with Gasteiger partial charge < -0.3 is 31.1 Å². The van der Waals surface area contributed by atoms with Crippen LogP contribution >= 0.6 is 11.6 Å². The molecular weight excluding hydrogens is 376 g/mol. The van der Waals surface area contributed by atoms with E-state index in [9.17, 15) is 15.0 Å². The van der Waals surface area contributed by atoms with E-state index in [4.69, 9.17) is 27.2 Å². The molecule has 1 amide bonds. The quantitative estimate of drug-likeness (QED) is 0.409. The third-order valence-electron chi connectivity index (χ3n) is 4.14. The minimum Gasteiger partial charge on any atom is -0.394 e. The predicted octanol–water partition coefficient (Wildman–Crippen LogP) is 0.0616. The van der Waals surface area contributed by atoms with Crippen molar-refractivity contribution in [1.82, 2.24) is 14.9 Å². The Kier molecular flexibility index (Phi) is 7.17. The summed E-state index contributed by atoms with van der Waals surface area (Å²) in [4.78, 5) is 16.3. The van der Waals surface area contributed by atoms with Crippen LogP contribution in [-0.4, -0.2) is 62.2 Å². The fourth-order valence-corrected chi connectivity index (χ4v) is 2.64. The number of nitrogen functional groups attached to an aromatic ring is 1. The van der Waals surface area contributed by atoms with Crippen molar-refractivity contribution in [2.45, 2.75) is 31.5 Å². The van der Waals surface area contributed by atoms with Crippen LogP contribution in [0.3, 0.4) is 0 Å². The smallest absolute Gasteiger partial charge is 0.273 e. The zero-order valence-electron chi connectivity index (χ0n) is 14.7. The lowest BCUT2D eigenvalue weighted by molar-refractivity contribution is -0.0518. The molecule has 0 aliphatic carbocycles. The number of nitrogens with two attached hydrogens (primary N) is 1. The van der Waals surface area contributed by atoms with Gasteiger partial charge in [0.05, 0.1) is 12.9 Å². The van der Waals surface area contributed by atoms with Crippen molar-refractivity contribution >= 4 is 23.3 Å². The Morgan fingerprint density at radius 1 is 1.48 bits per heavy atom. The number of rotatable bonds is 7. The third-order valence-corrected chi connectivity index (χ3v) is 4.27. The average Bonchev–Trinajstić information content (AvgIpc) is 3.15. The first kappa shape index (κ1) is 21.1. The van der Waals surface area contributed by atoms with Gasteiger partial charge >= 0.3 is 0 Å². The summed E-state index contributed by atoms with van der Waals surface area (Å²) in [5.74, 6) is -0.551. The van der Waals surface area contributed by atoms with E-state index >= 15 is 0 Å². The predicted molar refractivity (Wildman–Crippen MR) is 99.9 cm³/mol. The molecule has 4 atom stereocenters. The van der Waals surface area contributed by atoms with Crippen molar-refractivity contribution in [2.24, 2.45) is 0 Å². The summed E-state index contributed by atoms with van der Waals surface area (Å²) in [5, 5.41) is 32.1. The molecule has 0 radical (unpaired) electrons. The maximum absolute atomic E-state index is 12.4. The highest BCUT2D eigenvalue weighted by molar-refractivity contribution is 6.30. The van der Waals surface area contributed by atoms with E-state index in [0.717, 1.165) is 5.57 Å². The second-order valence-electron chi connectivity index (χ2n) is 5.94. The van der Waals surface area contributed by atoms with E-state index < -0.39 is 37.1 Å². The topological polar surface area (TPSA) is 143 Å². The van der Waals surface area contributed by atoms with Gasteiger partial charge in [-0.25, -0.2) is 4.98 Å². The monoisotopic (exact) mass is 398 g/mol. The van der Waals surface area contributed by atoms with Gasteiger partial charge in [0.1, 0.15) is 24.1 Å². The molecule has 6 N–H and O–H groups in total. The SMILES string of the molecule is C=C(Cl)/C=C\C(=C/C)CNC(=O)c1ncn(C2OC(CO)C(O)C2O)c1N. The normalized spacial score (nSPS) is 25.9. The molecule has 0 bridgehead atoms. The van der Waals surface area contributed by atoms with Crippen LogP contribution in [-0.2, 0) is 4.74 Å². The van der Waals surface area contributed by atoms with Crippen LogP contribution in [0, 0.1) is 0 Å². The number of hydrogen-bond donors (Lipinski definition) is 5. The maximum atomic E-state index is 12.4. The number of hydrogen-bond acceptors (Lipinski definition) is 7. The molecule has 1 aromatic heterocycles. The van der Waals surface area contributed by atoms with E-state index in [-0.39, 0.29) is 18.1 Å². The van der Waals surface area contributed by atoms with Gasteiger partial charge in [0.15, 0.2) is 11.9 Å². The Labute approximate surface area is 161 Å². The third kappa shape index (κ3) is 4.76. The summed E-state index contributed by atoms with van der Waals surface area (Å²) in [6.07, 6.45) is 1.75. The molecule has 2 rings (SSSR count). The van der Waals surface area contributed by atoms with Crippen LogP contribution in [0.4, 0.5) is 5.82 Å². The molecule has 27 heavy (non-hydrogen) atoms. The van der Waals surface area contributed by atoms with Crippen LogP contribution in [0.1, 0.15) is 23.6 Å². The first-order valence-corrected chi connectivity index (χ1v) is 8.58. The van der Waals surface area contributed by atoms with Crippen molar-refractivity contribution in [1.29, 1.82) is 0 Å². The van der Waals surface area contributed by atoms with Crippen LogP contribution in [0.2, 0.25) is 0 Å². The fourth-order valence-electron chi connectivity index (χ4n) is 2.58. The Bertz CT molecular complexity index is 761. The number of nitrogens with zero attached hydrogens (tertiary/aromatic N) is 2. The number of aromatic nitrogens is 2. The second-order valence-corrected chi connectivity index (χ2v) is 6.43. The van der Waals surface area contributed by atoms with E-state index in [2.05, 4.69) is 16.9 Å². The van der Waals surface area contributed by atoms with Gasteiger partial charge in [-0.1, -0.05) is 30.3 Å². The first-order valence-electron chi connectivity index (χ1n) is 8.20. The molecule has 1 saturated heterocycles. The molecule has 0 spiro atoms. The van der Waals surface area contributed by atoms with Gasteiger partial charge in [0.2, 0.25) is 0 Å². The Hall–Kier alpha value is -2.17. The van der Waals surface area contributed by atoms with E-state index in [1.54, 1.807) is 18.2 Å². The Morgan fingerprint density at radius 3 is 2.74 bits per heavy atom. The number of halogens is 1. The van der Waals surface area contributed by atoms with E-state index in [1.807, 2.05) is 6.92 Å². The number of carbonyl (C=O) groups excluding carboxylic acids is 1. The zero-order chi connectivity index (χ0) is 20.1. The highest BCUT2D eigenvalue weighted by atomic mass is 35.5. The number of allylic oxidation sites excluding steroid dienone is 3. The van der Waals surface area contributed by atoms with Gasteiger partial charge in [-0.2, -0.15) is 0 Å². The van der Waals surface area contributed by atoms with Gasteiger partial charge in [-0.15, -0.1) is 0 Å². The maximum Gasteiger partial charge on any atom is 0.273 e. The lowest BCUT2D eigenvalue weighted by atomic mass is 10.1. The van der Waals surface area contributed by atoms with E-state index in [0.29, 0.717) is 5.03 Å². The lowest BCUT2D eigenvalue weighted by Crippen LogP contribution is -2.33. The first-order chi connectivity index (χ1) is 12.8. The molecule has 9 nitrogen and oxygen atoms in total. The summed E-state index contributed by atoms with van der Waals surface area (Å²) >= 11 is 5.68. The molecule has 1 aliphatic rings. The van der Waals surface area contributed by atoms with E-state index in [1.165, 1.54) is 10.9 Å².